The maximum absolute atomic E-state index is 12.1. The van der Waals surface area contributed by atoms with Crippen LogP contribution in [0.3, 0.4) is 0 Å². The lowest BCUT2D eigenvalue weighted by atomic mass is 10.1. The summed E-state index contributed by atoms with van der Waals surface area (Å²) in [6.45, 7) is 2.30. The van der Waals surface area contributed by atoms with Crippen molar-refractivity contribution in [1.82, 2.24) is 10.6 Å². The molecule has 2 amide bonds. The van der Waals surface area contributed by atoms with E-state index in [4.69, 9.17) is 8.83 Å². The van der Waals surface area contributed by atoms with Crippen molar-refractivity contribution in [3.05, 3.63) is 59.7 Å². The van der Waals surface area contributed by atoms with Crippen molar-refractivity contribution < 1.29 is 18.4 Å². The van der Waals surface area contributed by atoms with Gasteiger partial charge in [0.25, 0.3) is 0 Å². The minimum absolute atomic E-state index is 0.0741. The van der Waals surface area contributed by atoms with Crippen LogP contribution in [0.2, 0.25) is 0 Å². The largest absolute Gasteiger partial charge is 0.467 e. The standard InChI is InChI=1S/C19H20N2O4/c1-2-13-5-6-16-14(12-25-17(16)8-13)9-18(22)21-11-19(23)20-10-15-4-3-7-24-15/h3-8,12H,2,9-11H2,1H3,(H,20,23)(H,21,22). The summed E-state index contributed by atoms with van der Waals surface area (Å²) < 4.78 is 10.7. The van der Waals surface area contributed by atoms with Crippen LogP contribution < -0.4 is 10.6 Å². The second kappa shape index (κ2) is 7.70. The Morgan fingerprint density at radius 2 is 1.96 bits per heavy atom. The SMILES string of the molecule is CCc1ccc2c(CC(=O)NCC(=O)NCc3ccco3)coc2c1. The Balaban J connectivity index is 1.50. The van der Waals surface area contributed by atoms with Crippen molar-refractivity contribution in [2.24, 2.45) is 0 Å². The third kappa shape index (κ3) is 4.29. The average Bonchev–Trinajstić information content (AvgIpc) is 3.28. The van der Waals surface area contributed by atoms with Gasteiger partial charge in [0.2, 0.25) is 11.8 Å². The van der Waals surface area contributed by atoms with Gasteiger partial charge in [-0.15, -0.1) is 0 Å². The molecule has 0 saturated carbocycles. The summed E-state index contributed by atoms with van der Waals surface area (Å²) in [6, 6.07) is 9.51. The number of fused-ring (bicyclic) bond motifs is 1. The molecule has 0 radical (unpaired) electrons. The molecule has 6 nitrogen and oxygen atoms in total. The van der Waals surface area contributed by atoms with E-state index in [0.29, 0.717) is 12.3 Å². The van der Waals surface area contributed by atoms with Gasteiger partial charge in [-0.3, -0.25) is 9.59 Å². The summed E-state index contributed by atoms with van der Waals surface area (Å²) in [4.78, 5) is 23.8. The van der Waals surface area contributed by atoms with Gasteiger partial charge in [-0.25, -0.2) is 0 Å². The topological polar surface area (TPSA) is 84.5 Å². The molecule has 130 valence electrons. The molecule has 1 aromatic carbocycles. The first-order valence-corrected chi connectivity index (χ1v) is 8.20. The van der Waals surface area contributed by atoms with E-state index in [1.54, 1.807) is 24.7 Å². The molecule has 0 bridgehead atoms. The van der Waals surface area contributed by atoms with E-state index in [9.17, 15) is 9.59 Å². The molecule has 3 rings (SSSR count). The predicted octanol–water partition coefficient (Wildman–Crippen LogP) is 2.56. The van der Waals surface area contributed by atoms with Gasteiger partial charge in [-0.05, 0) is 30.2 Å². The van der Waals surface area contributed by atoms with Crippen LogP contribution in [0.1, 0.15) is 23.8 Å². The summed E-state index contributed by atoms with van der Waals surface area (Å²) in [5, 5.41) is 6.22. The van der Waals surface area contributed by atoms with Crippen LogP contribution in [0, 0.1) is 0 Å². The number of benzene rings is 1. The Morgan fingerprint density at radius 3 is 2.72 bits per heavy atom. The average molecular weight is 340 g/mol. The fraction of sp³-hybridized carbons (Fsp3) is 0.263. The van der Waals surface area contributed by atoms with Crippen LogP contribution in [-0.2, 0) is 29.0 Å². The van der Waals surface area contributed by atoms with Gasteiger partial charge in [0.05, 0.1) is 32.0 Å². The molecule has 2 aromatic heterocycles. The quantitative estimate of drug-likeness (QED) is 0.692. The van der Waals surface area contributed by atoms with E-state index in [1.807, 2.05) is 18.2 Å². The van der Waals surface area contributed by atoms with Crippen molar-refractivity contribution in [2.75, 3.05) is 6.54 Å². The number of nitrogens with one attached hydrogen (secondary N) is 2. The van der Waals surface area contributed by atoms with Crippen LogP contribution in [0.5, 0.6) is 0 Å². The first-order chi connectivity index (χ1) is 12.2. The monoisotopic (exact) mass is 340 g/mol. The molecule has 0 fully saturated rings. The van der Waals surface area contributed by atoms with Gasteiger partial charge < -0.3 is 19.5 Å². The highest BCUT2D eigenvalue weighted by atomic mass is 16.3. The molecule has 25 heavy (non-hydrogen) atoms. The third-order valence-electron chi connectivity index (χ3n) is 3.97. The lowest BCUT2D eigenvalue weighted by Gasteiger charge is -2.05. The summed E-state index contributed by atoms with van der Waals surface area (Å²) >= 11 is 0. The second-order valence-electron chi connectivity index (χ2n) is 5.75. The van der Waals surface area contributed by atoms with Gasteiger partial charge in [-0.1, -0.05) is 19.1 Å². The number of carbonyl (C=O) groups excluding carboxylic acids is 2. The van der Waals surface area contributed by atoms with Crippen LogP contribution in [0.4, 0.5) is 0 Å². The highest BCUT2D eigenvalue weighted by molar-refractivity contribution is 5.90. The molecule has 0 aliphatic heterocycles. The zero-order valence-electron chi connectivity index (χ0n) is 14.0. The summed E-state index contributed by atoms with van der Waals surface area (Å²) in [5.41, 5.74) is 2.77. The van der Waals surface area contributed by atoms with Crippen molar-refractivity contribution in [2.45, 2.75) is 26.3 Å². The first-order valence-electron chi connectivity index (χ1n) is 8.20. The number of furan rings is 2. The Bertz CT molecular complexity index is 865. The number of hydrogen-bond donors (Lipinski definition) is 2. The van der Waals surface area contributed by atoms with Crippen molar-refractivity contribution in [3.63, 3.8) is 0 Å². The van der Waals surface area contributed by atoms with E-state index < -0.39 is 0 Å². The number of carbonyl (C=O) groups is 2. The van der Waals surface area contributed by atoms with Crippen molar-refractivity contribution >= 4 is 22.8 Å². The van der Waals surface area contributed by atoms with Crippen LogP contribution in [-0.4, -0.2) is 18.4 Å². The number of aryl methyl sites for hydroxylation is 1. The molecular formula is C19H20N2O4. The molecule has 0 unspecified atom stereocenters. The second-order valence-corrected chi connectivity index (χ2v) is 5.75. The number of rotatable bonds is 7. The van der Waals surface area contributed by atoms with Gasteiger partial charge in [-0.2, -0.15) is 0 Å². The lowest BCUT2D eigenvalue weighted by molar-refractivity contribution is -0.125. The maximum Gasteiger partial charge on any atom is 0.239 e. The number of hydrogen-bond acceptors (Lipinski definition) is 4. The highest BCUT2D eigenvalue weighted by Gasteiger charge is 2.12. The fourth-order valence-electron chi connectivity index (χ4n) is 2.56. The molecule has 2 N–H and O–H groups in total. The van der Waals surface area contributed by atoms with Gasteiger partial charge in [0.15, 0.2) is 0 Å². The molecule has 6 heteroatoms. The van der Waals surface area contributed by atoms with Crippen LogP contribution >= 0.6 is 0 Å². The maximum atomic E-state index is 12.1. The van der Waals surface area contributed by atoms with Crippen LogP contribution in [0.25, 0.3) is 11.0 Å². The Hall–Kier alpha value is -3.02. The van der Waals surface area contributed by atoms with Crippen molar-refractivity contribution in [1.29, 1.82) is 0 Å². The van der Waals surface area contributed by atoms with E-state index >= 15 is 0 Å². The molecule has 2 heterocycles. The van der Waals surface area contributed by atoms with Crippen LogP contribution in [0.15, 0.2) is 51.7 Å². The first kappa shape index (κ1) is 16.8. The lowest BCUT2D eigenvalue weighted by Crippen LogP contribution is -2.37. The molecule has 0 saturated heterocycles. The van der Waals surface area contributed by atoms with Crippen molar-refractivity contribution in [3.8, 4) is 0 Å². The number of amides is 2. The minimum atomic E-state index is -0.269. The normalized spacial score (nSPS) is 10.8. The smallest absolute Gasteiger partial charge is 0.239 e. The summed E-state index contributed by atoms with van der Waals surface area (Å²) in [7, 11) is 0. The van der Waals surface area contributed by atoms with E-state index in [1.165, 1.54) is 5.56 Å². The molecule has 0 atom stereocenters. The van der Waals surface area contributed by atoms with Gasteiger partial charge >= 0.3 is 0 Å². The van der Waals surface area contributed by atoms with E-state index in [0.717, 1.165) is 23.0 Å². The molecule has 3 aromatic rings. The Labute approximate surface area is 145 Å². The molecular weight excluding hydrogens is 320 g/mol. The highest BCUT2D eigenvalue weighted by Crippen LogP contribution is 2.23. The van der Waals surface area contributed by atoms with Gasteiger partial charge in [0.1, 0.15) is 11.3 Å². The Morgan fingerprint density at radius 1 is 1.08 bits per heavy atom. The third-order valence-corrected chi connectivity index (χ3v) is 3.97. The molecule has 0 aliphatic carbocycles. The summed E-state index contributed by atoms with van der Waals surface area (Å²) in [5.74, 6) is 0.167. The minimum Gasteiger partial charge on any atom is -0.467 e. The summed E-state index contributed by atoms with van der Waals surface area (Å²) in [6.07, 6.45) is 4.24. The molecule has 0 spiro atoms. The zero-order valence-corrected chi connectivity index (χ0v) is 14.0. The Kier molecular flexibility index (Phi) is 5.18. The predicted molar refractivity (Wildman–Crippen MR) is 92.9 cm³/mol. The van der Waals surface area contributed by atoms with Gasteiger partial charge in [0, 0.05) is 10.9 Å². The fourth-order valence-corrected chi connectivity index (χ4v) is 2.56. The zero-order chi connectivity index (χ0) is 17.6. The molecule has 0 aliphatic rings. The van der Waals surface area contributed by atoms with E-state index in [2.05, 4.69) is 17.6 Å². The van der Waals surface area contributed by atoms with E-state index in [-0.39, 0.29) is 24.8 Å².